The number of benzene rings is 2. The molecule has 2 heterocycles. The van der Waals surface area contributed by atoms with Gasteiger partial charge >= 0.3 is 5.97 Å². The minimum absolute atomic E-state index is 0.145. The number of carbonyl (C=O) groups is 2. The van der Waals surface area contributed by atoms with Gasteiger partial charge in [0, 0.05) is 5.69 Å². The number of pyridine rings is 1. The Labute approximate surface area is 182 Å². The number of aromatic nitrogens is 1. The molecule has 0 aliphatic rings. The highest BCUT2D eigenvalue weighted by atomic mass is 16.5. The number of esters is 1. The first-order valence-corrected chi connectivity index (χ1v) is 9.59. The van der Waals surface area contributed by atoms with Crippen molar-refractivity contribution in [1.29, 1.82) is 0 Å². The van der Waals surface area contributed by atoms with E-state index in [1.54, 1.807) is 54.6 Å². The Morgan fingerprint density at radius 1 is 0.906 bits per heavy atom. The van der Waals surface area contributed by atoms with Crippen LogP contribution in [0, 0.1) is 0 Å². The molecular weight excluding hydrogens is 412 g/mol. The van der Waals surface area contributed by atoms with Crippen molar-refractivity contribution in [3.63, 3.8) is 0 Å². The molecule has 0 saturated carbocycles. The molecule has 0 spiro atoms. The average molecular weight is 430 g/mol. The monoisotopic (exact) mass is 430 g/mol. The molecule has 0 atom stereocenters. The van der Waals surface area contributed by atoms with Crippen LogP contribution in [-0.2, 0) is 0 Å². The van der Waals surface area contributed by atoms with Gasteiger partial charge in [-0.2, -0.15) is 0 Å². The Morgan fingerprint density at radius 2 is 1.69 bits per heavy atom. The van der Waals surface area contributed by atoms with Gasteiger partial charge in [0.2, 0.25) is 0 Å². The summed E-state index contributed by atoms with van der Waals surface area (Å²) in [5.41, 5.74) is 0.606. The number of furan rings is 1. The number of amides is 1. The van der Waals surface area contributed by atoms with E-state index in [-0.39, 0.29) is 17.2 Å². The van der Waals surface area contributed by atoms with Crippen LogP contribution >= 0.6 is 0 Å². The number of methoxy groups -OCH3 is 1. The standard InChI is InChI=1S/C24H18N2O6/c1-30-20-6-3-2-5-17(20)22(27)25-15-8-10-16(11-9-15)32-24(29)18-12-13-19(26-23(18)28)21-7-4-14-31-21/h2-14H,1H3,(H,25,27)(H,26,28). The molecule has 4 aromatic rings. The number of ether oxygens (including phenoxy) is 2. The van der Waals surface area contributed by atoms with E-state index >= 15 is 0 Å². The molecule has 32 heavy (non-hydrogen) atoms. The molecule has 0 saturated heterocycles. The summed E-state index contributed by atoms with van der Waals surface area (Å²) in [4.78, 5) is 39.7. The van der Waals surface area contributed by atoms with Gasteiger partial charge in [-0.25, -0.2) is 4.79 Å². The smallest absolute Gasteiger partial charge is 0.349 e. The van der Waals surface area contributed by atoms with E-state index in [9.17, 15) is 14.4 Å². The molecule has 0 aliphatic heterocycles. The summed E-state index contributed by atoms with van der Waals surface area (Å²) < 4.78 is 15.7. The van der Waals surface area contributed by atoms with Crippen LogP contribution in [-0.4, -0.2) is 24.0 Å². The number of H-pyrrole nitrogens is 1. The van der Waals surface area contributed by atoms with Crippen LogP contribution < -0.4 is 20.3 Å². The molecule has 8 nitrogen and oxygen atoms in total. The quantitative estimate of drug-likeness (QED) is 0.352. The van der Waals surface area contributed by atoms with E-state index < -0.39 is 11.5 Å². The number of carbonyl (C=O) groups excluding carboxylic acids is 2. The molecule has 1 amide bonds. The normalized spacial score (nSPS) is 10.4. The highest BCUT2D eigenvalue weighted by Crippen LogP contribution is 2.21. The van der Waals surface area contributed by atoms with Crippen LogP contribution in [0.3, 0.4) is 0 Å². The van der Waals surface area contributed by atoms with E-state index in [2.05, 4.69) is 10.3 Å². The lowest BCUT2D eigenvalue weighted by molar-refractivity contribution is 0.0732. The highest BCUT2D eigenvalue weighted by molar-refractivity contribution is 6.06. The Balaban J connectivity index is 1.43. The maximum atomic E-state index is 12.5. The SMILES string of the molecule is COc1ccccc1C(=O)Nc1ccc(OC(=O)c2ccc(-c3ccco3)[nH]c2=O)cc1. The second-order valence-electron chi connectivity index (χ2n) is 6.66. The number of hydrogen-bond acceptors (Lipinski definition) is 6. The molecule has 0 unspecified atom stereocenters. The fraction of sp³-hybridized carbons (Fsp3) is 0.0417. The third-order valence-corrected chi connectivity index (χ3v) is 4.59. The molecule has 2 aromatic heterocycles. The summed E-state index contributed by atoms with van der Waals surface area (Å²) >= 11 is 0. The fourth-order valence-electron chi connectivity index (χ4n) is 3.01. The van der Waals surface area contributed by atoms with E-state index in [1.165, 1.54) is 31.6 Å². The second kappa shape index (κ2) is 9.05. The molecule has 2 N–H and O–H groups in total. The van der Waals surface area contributed by atoms with Gasteiger partial charge in [0.15, 0.2) is 0 Å². The third-order valence-electron chi connectivity index (χ3n) is 4.59. The summed E-state index contributed by atoms with van der Waals surface area (Å²) in [5.74, 6) is 0.0184. The van der Waals surface area contributed by atoms with Crippen molar-refractivity contribution in [2.45, 2.75) is 0 Å². The summed E-state index contributed by atoms with van der Waals surface area (Å²) in [7, 11) is 1.49. The van der Waals surface area contributed by atoms with Crippen molar-refractivity contribution in [3.05, 3.63) is 101 Å². The van der Waals surface area contributed by atoms with Gasteiger partial charge in [-0.3, -0.25) is 9.59 Å². The molecule has 0 fully saturated rings. The molecule has 4 rings (SSSR count). The second-order valence-corrected chi connectivity index (χ2v) is 6.66. The summed E-state index contributed by atoms with van der Waals surface area (Å²) in [6.07, 6.45) is 1.48. The van der Waals surface area contributed by atoms with Crippen LogP contribution in [0.4, 0.5) is 5.69 Å². The van der Waals surface area contributed by atoms with E-state index in [0.717, 1.165) is 0 Å². The first kappa shape index (κ1) is 20.7. The molecule has 0 aliphatic carbocycles. The Hall–Kier alpha value is -4.59. The van der Waals surface area contributed by atoms with Gasteiger partial charge < -0.3 is 24.2 Å². The van der Waals surface area contributed by atoms with Gasteiger partial charge in [0.1, 0.15) is 22.8 Å². The summed E-state index contributed by atoms with van der Waals surface area (Å²) in [5, 5.41) is 2.75. The Morgan fingerprint density at radius 3 is 2.38 bits per heavy atom. The maximum Gasteiger partial charge on any atom is 0.349 e. The zero-order chi connectivity index (χ0) is 22.5. The number of aromatic amines is 1. The van der Waals surface area contributed by atoms with Gasteiger partial charge in [-0.1, -0.05) is 12.1 Å². The Kier molecular flexibility index (Phi) is 5.85. The number of nitrogens with one attached hydrogen (secondary N) is 2. The minimum atomic E-state index is -0.803. The number of hydrogen-bond donors (Lipinski definition) is 2. The zero-order valence-electron chi connectivity index (χ0n) is 17.0. The largest absolute Gasteiger partial charge is 0.496 e. The van der Waals surface area contributed by atoms with Gasteiger partial charge in [0.05, 0.1) is 24.6 Å². The molecule has 8 heteroatoms. The van der Waals surface area contributed by atoms with Crippen LogP contribution in [0.5, 0.6) is 11.5 Å². The molecular formula is C24H18N2O6. The van der Waals surface area contributed by atoms with Crippen molar-refractivity contribution in [2.75, 3.05) is 12.4 Å². The number of para-hydroxylation sites is 1. The van der Waals surface area contributed by atoms with Crippen molar-refractivity contribution in [1.82, 2.24) is 4.98 Å². The minimum Gasteiger partial charge on any atom is -0.496 e. The van der Waals surface area contributed by atoms with E-state index in [4.69, 9.17) is 13.9 Å². The highest BCUT2D eigenvalue weighted by Gasteiger charge is 2.15. The summed E-state index contributed by atoms with van der Waals surface area (Å²) in [6, 6.07) is 19.4. The van der Waals surface area contributed by atoms with Crippen molar-refractivity contribution >= 4 is 17.6 Å². The van der Waals surface area contributed by atoms with Crippen LogP contribution in [0.2, 0.25) is 0 Å². The van der Waals surface area contributed by atoms with Crippen LogP contribution in [0.1, 0.15) is 20.7 Å². The first-order chi connectivity index (χ1) is 15.5. The topological polar surface area (TPSA) is 111 Å². The predicted octanol–water partition coefficient (Wildman–Crippen LogP) is 4.12. The van der Waals surface area contributed by atoms with E-state index in [0.29, 0.717) is 28.5 Å². The third kappa shape index (κ3) is 4.44. The predicted molar refractivity (Wildman–Crippen MR) is 117 cm³/mol. The molecule has 0 radical (unpaired) electrons. The number of rotatable bonds is 6. The van der Waals surface area contributed by atoms with Crippen LogP contribution in [0.25, 0.3) is 11.5 Å². The van der Waals surface area contributed by atoms with Gasteiger partial charge in [0.25, 0.3) is 11.5 Å². The van der Waals surface area contributed by atoms with Crippen LogP contribution in [0.15, 0.2) is 88.3 Å². The fourth-order valence-corrected chi connectivity index (χ4v) is 3.01. The van der Waals surface area contributed by atoms with E-state index in [1.807, 2.05) is 0 Å². The van der Waals surface area contributed by atoms with Crippen molar-refractivity contribution in [2.24, 2.45) is 0 Å². The zero-order valence-corrected chi connectivity index (χ0v) is 17.0. The lowest BCUT2D eigenvalue weighted by Gasteiger charge is -2.10. The molecule has 2 aromatic carbocycles. The lowest BCUT2D eigenvalue weighted by atomic mass is 10.2. The number of anilines is 1. The van der Waals surface area contributed by atoms with Gasteiger partial charge in [-0.15, -0.1) is 0 Å². The Bertz CT molecular complexity index is 1310. The van der Waals surface area contributed by atoms with Crippen molar-refractivity contribution in [3.8, 4) is 23.0 Å². The summed E-state index contributed by atoms with van der Waals surface area (Å²) in [6.45, 7) is 0. The lowest BCUT2D eigenvalue weighted by Crippen LogP contribution is -2.21. The molecule has 160 valence electrons. The van der Waals surface area contributed by atoms with Gasteiger partial charge in [-0.05, 0) is 60.7 Å². The van der Waals surface area contributed by atoms with Crippen molar-refractivity contribution < 1.29 is 23.5 Å². The molecule has 0 bridgehead atoms. The average Bonchev–Trinajstić information content (AvgIpc) is 3.35. The maximum absolute atomic E-state index is 12.5. The first-order valence-electron chi connectivity index (χ1n) is 9.59.